The molecule has 1 aliphatic rings. The number of rotatable bonds is 6. The van der Waals surface area contributed by atoms with Gasteiger partial charge in [0.1, 0.15) is 11.5 Å². The highest BCUT2D eigenvalue weighted by Gasteiger charge is 2.29. The molecule has 0 saturated carbocycles. The highest BCUT2D eigenvalue weighted by atomic mass is 35.5. The second kappa shape index (κ2) is 10.2. The van der Waals surface area contributed by atoms with E-state index >= 15 is 0 Å². The Labute approximate surface area is 192 Å². The number of nitrogens with one attached hydrogen (secondary N) is 1. The van der Waals surface area contributed by atoms with Gasteiger partial charge in [0.15, 0.2) is 0 Å². The molecule has 0 aromatic heterocycles. The number of carbonyl (C=O) groups excluding carboxylic acids is 2. The van der Waals surface area contributed by atoms with Crippen molar-refractivity contribution in [1.82, 2.24) is 10.2 Å². The van der Waals surface area contributed by atoms with E-state index in [0.717, 1.165) is 5.56 Å². The first-order chi connectivity index (χ1) is 14.8. The molecule has 0 spiro atoms. The predicted octanol–water partition coefficient (Wildman–Crippen LogP) is 4.74. The van der Waals surface area contributed by atoms with Crippen molar-refractivity contribution in [3.63, 3.8) is 0 Å². The van der Waals surface area contributed by atoms with Crippen LogP contribution in [0.5, 0.6) is 11.5 Å². The number of nitrogens with zero attached hydrogens (tertiary/aromatic N) is 1. The predicted molar refractivity (Wildman–Crippen MR) is 121 cm³/mol. The molecule has 0 radical (unpaired) electrons. The number of ether oxygens (including phenoxy) is 2. The van der Waals surface area contributed by atoms with E-state index in [9.17, 15) is 9.59 Å². The lowest BCUT2D eigenvalue weighted by Gasteiger charge is -2.32. The van der Waals surface area contributed by atoms with Crippen molar-refractivity contribution < 1.29 is 19.1 Å². The fourth-order valence-electron chi connectivity index (χ4n) is 3.65. The van der Waals surface area contributed by atoms with Gasteiger partial charge in [-0.05, 0) is 49.6 Å². The van der Waals surface area contributed by atoms with Gasteiger partial charge in [-0.25, -0.2) is 0 Å². The monoisotopic (exact) mass is 464 g/mol. The first-order valence-electron chi connectivity index (χ1n) is 10.1. The van der Waals surface area contributed by atoms with Crippen LogP contribution in [0.3, 0.4) is 0 Å². The zero-order valence-corrected chi connectivity index (χ0v) is 19.3. The molecule has 3 rings (SSSR count). The molecule has 1 heterocycles. The van der Waals surface area contributed by atoms with Crippen molar-refractivity contribution in [2.24, 2.45) is 5.92 Å². The van der Waals surface area contributed by atoms with Gasteiger partial charge in [0.05, 0.1) is 30.3 Å². The van der Waals surface area contributed by atoms with Crippen LogP contribution in [0, 0.1) is 5.92 Å². The van der Waals surface area contributed by atoms with Crippen LogP contribution in [0.2, 0.25) is 10.0 Å². The Kier molecular flexibility index (Phi) is 7.68. The first kappa shape index (κ1) is 23.2. The van der Waals surface area contributed by atoms with Gasteiger partial charge in [0.25, 0.3) is 5.91 Å². The molecular formula is C23H26Cl2N2O4. The topological polar surface area (TPSA) is 67.9 Å². The first-order valence-corrected chi connectivity index (χ1v) is 10.9. The highest BCUT2D eigenvalue weighted by molar-refractivity contribution is 6.42. The molecule has 166 valence electrons. The van der Waals surface area contributed by atoms with Crippen LogP contribution < -0.4 is 14.8 Å². The molecule has 0 bridgehead atoms. The second-order valence-corrected chi connectivity index (χ2v) is 8.39. The molecule has 8 heteroatoms. The molecule has 6 nitrogen and oxygen atoms in total. The number of benzene rings is 2. The van der Waals surface area contributed by atoms with Gasteiger partial charge >= 0.3 is 0 Å². The summed E-state index contributed by atoms with van der Waals surface area (Å²) in [5.41, 5.74) is 1.40. The molecular weight excluding hydrogens is 439 g/mol. The van der Waals surface area contributed by atoms with E-state index in [4.69, 9.17) is 32.7 Å². The minimum absolute atomic E-state index is 0.0197. The van der Waals surface area contributed by atoms with E-state index < -0.39 is 0 Å². The van der Waals surface area contributed by atoms with Gasteiger partial charge in [-0.2, -0.15) is 0 Å². The Morgan fingerprint density at radius 3 is 2.16 bits per heavy atom. The standard InChI is InChI=1S/C23H26Cl2N2O4/c1-14(16-4-5-20(24)21(25)12-16)26-22(28)15-6-8-27(9-7-15)23(29)17-10-18(30-2)13-19(11-17)31-3/h4-5,10-15H,6-9H2,1-3H3,(H,26,28). The molecule has 1 fully saturated rings. The zero-order chi connectivity index (χ0) is 22.5. The molecule has 1 aliphatic heterocycles. The Morgan fingerprint density at radius 2 is 1.61 bits per heavy atom. The maximum absolute atomic E-state index is 12.9. The highest BCUT2D eigenvalue weighted by Crippen LogP contribution is 2.27. The fraction of sp³-hybridized carbons (Fsp3) is 0.391. The molecule has 2 aromatic rings. The summed E-state index contributed by atoms with van der Waals surface area (Å²) in [7, 11) is 3.10. The van der Waals surface area contributed by atoms with Gasteiger partial charge < -0.3 is 19.7 Å². The summed E-state index contributed by atoms with van der Waals surface area (Å²) >= 11 is 12.0. The maximum atomic E-state index is 12.9. The zero-order valence-electron chi connectivity index (χ0n) is 17.8. The van der Waals surface area contributed by atoms with Crippen molar-refractivity contribution >= 4 is 35.0 Å². The van der Waals surface area contributed by atoms with Gasteiger partial charge in [0, 0.05) is 30.6 Å². The number of hydrogen-bond acceptors (Lipinski definition) is 4. The SMILES string of the molecule is COc1cc(OC)cc(C(=O)N2CCC(C(=O)NC(C)c3ccc(Cl)c(Cl)c3)CC2)c1. The third kappa shape index (κ3) is 5.63. The van der Waals surface area contributed by atoms with E-state index in [0.29, 0.717) is 53.0 Å². The molecule has 1 N–H and O–H groups in total. The summed E-state index contributed by atoms with van der Waals surface area (Å²) in [5.74, 6) is 0.865. The molecule has 1 atom stereocenters. The minimum Gasteiger partial charge on any atom is -0.497 e. The average molecular weight is 465 g/mol. The number of amides is 2. The fourth-order valence-corrected chi connectivity index (χ4v) is 3.96. The third-order valence-corrected chi connectivity index (χ3v) is 6.29. The third-order valence-electron chi connectivity index (χ3n) is 5.55. The lowest BCUT2D eigenvalue weighted by atomic mass is 9.94. The van der Waals surface area contributed by atoms with Crippen molar-refractivity contribution in [3.8, 4) is 11.5 Å². The molecule has 2 amide bonds. The Hall–Kier alpha value is -2.44. The van der Waals surface area contributed by atoms with Crippen molar-refractivity contribution in [3.05, 3.63) is 57.6 Å². The van der Waals surface area contributed by atoms with E-state index in [1.165, 1.54) is 0 Å². The van der Waals surface area contributed by atoms with Crippen molar-refractivity contribution in [1.29, 1.82) is 0 Å². The Balaban J connectivity index is 1.58. The number of methoxy groups -OCH3 is 2. The van der Waals surface area contributed by atoms with E-state index in [1.807, 2.05) is 13.0 Å². The number of piperidine rings is 1. The molecule has 1 unspecified atom stereocenters. The van der Waals surface area contributed by atoms with Gasteiger partial charge in [-0.15, -0.1) is 0 Å². The number of halogens is 2. The molecule has 0 aliphatic carbocycles. The van der Waals surface area contributed by atoms with Gasteiger partial charge in [-0.1, -0.05) is 29.3 Å². The summed E-state index contributed by atoms with van der Waals surface area (Å²) in [6.45, 7) is 2.93. The smallest absolute Gasteiger partial charge is 0.254 e. The summed E-state index contributed by atoms with van der Waals surface area (Å²) < 4.78 is 10.5. The lowest BCUT2D eigenvalue weighted by molar-refractivity contribution is -0.126. The summed E-state index contributed by atoms with van der Waals surface area (Å²) in [6.07, 6.45) is 1.21. The lowest BCUT2D eigenvalue weighted by Crippen LogP contribution is -2.43. The molecule has 2 aromatic carbocycles. The van der Waals surface area contributed by atoms with E-state index in [1.54, 1.807) is 49.5 Å². The Morgan fingerprint density at radius 1 is 1.00 bits per heavy atom. The minimum atomic E-state index is -0.189. The number of carbonyl (C=O) groups is 2. The van der Waals surface area contributed by atoms with Gasteiger partial charge in [-0.3, -0.25) is 9.59 Å². The average Bonchev–Trinajstić information content (AvgIpc) is 2.79. The van der Waals surface area contributed by atoms with Crippen LogP contribution >= 0.6 is 23.2 Å². The van der Waals surface area contributed by atoms with Crippen LogP contribution in [0.1, 0.15) is 41.7 Å². The largest absolute Gasteiger partial charge is 0.497 e. The quantitative estimate of drug-likeness (QED) is 0.669. The molecule has 31 heavy (non-hydrogen) atoms. The Bertz CT molecular complexity index is 936. The van der Waals surface area contributed by atoms with Crippen LogP contribution in [0.15, 0.2) is 36.4 Å². The van der Waals surface area contributed by atoms with Crippen LogP contribution in [-0.2, 0) is 4.79 Å². The van der Waals surface area contributed by atoms with Crippen LogP contribution in [0.4, 0.5) is 0 Å². The molecule has 1 saturated heterocycles. The summed E-state index contributed by atoms with van der Waals surface area (Å²) in [5, 5.41) is 3.98. The van der Waals surface area contributed by atoms with Crippen LogP contribution in [0.25, 0.3) is 0 Å². The van der Waals surface area contributed by atoms with Crippen LogP contribution in [-0.4, -0.2) is 44.0 Å². The maximum Gasteiger partial charge on any atom is 0.254 e. The van der Waals surface area contributed by atoms with E-state index in [2.05, 4.69) is 5.32 Å². The summed E-state index contributed by atoms with van der Waals surface area (Å²) in [6, 6.07) is 10.3. The van der Waals surface area contributed by atoms with Crippen molar-refractivity contribution in [2.75, 3.05) is 27.3 Å². The normalized spacial score (nSPS) is 15.3. The second-order valence-electron chi connectivity index (χ2n) is 7.57. The van der Waals surface area contributed by atoms with Gasteiger partial charge in [0.2, 0.25) is 5.91 Å². The van der Waals surface area contributed by atoms with Crippen molar-refractivity contribution in [2.45, 2.75) is 25.8 Å². The number of likely N-dealkylation sites (tertiary alicyclic amines) is 1. The summed E-state index contributed by atoms with van der Waals surface area (Å²) in [4.78, 5) is 27.4. The number of hydrogen-bond donors (Lipinski definition) is 1. The van der Waals surface area contributed by atoms with E-state index in [-0.39, 0.29) is 23.8 Å².